The van der Waals surface area contributed by atoms with Gasteiger partial charge < -0.3 is 14.6 Å². The van der Waals surface area contributed by atoms with Crippen molar-refractivity contribution in [1.29, 1.82) is 0 Å². The van der Waals surface area contributed by atoms with Crippen molar-refractivity contribution in [2.75, 3.05) is 6.61 Å². The Bertz CT molecular complexity index is 684. The van der Waals surface area contributed by atoms with Crippen LogP contribution in [0.3, 0.4) is 0 Å². The van der Waals surface area contributed by atoms with E-state index in [4.69, 9.17) is 9.47 Å². The van der Waals surface area contributed by atoms with E-state index in [-0.39, 0.29) is 11.9 Å². The van der Waals surface area contributed by atoms with Gasteiger partial charge in [0.1, 0.15) is 0 Å². The van der Waals surface area contributed by atoms with E-state index in [1.54, 1.807) is 0 Å². The maximum absolute atomic E-state index is 10.3. The third-order valence-electron chi connectivity index (χ3n) is 11.9. The van der Waals surface area contributed by atoms with Crippen molar-refractivity contribution in [3.05, 3.63) is 0 Å². The molecule has 1 spiro atoms. The lowest BCUT2D eigenvalue weighted by Crippen LogP contribution is -2.55. The zero-order valence-corrected chi connectivity index (χ0v) is 19.7. The second-order valence-corrected chi connectivity index (χ2v) is 13.1. The molecule has 0 aromatic heterocycles. The molecule has 6 fully saturated rings. The molecule has 0 amide bonds. The summed E-state index contributed by atoms with van der Waals surface area (Å²) in [5.74, 6) is 4.93. The summed E-state index contributed by atoms with van der Waals surface area (Å²) in [6.45, 7) is 10.9. The number of aliphatic hydroxyl groups excluding tert-OH is 1. The van der Waals surface area contributed by atoms with Gasteiger partial charge in [0, 0.05) is 12.3 Å². The van der Waals surface area contributed by atoms with E-state index in [0.717, 1.165) is 49.5 Å². The van der Waals surface area contributed by atoms with Gasteiger partial charge in [-0.1, -0.05) is 27.7 Å². The van der Waals surface area contributed by atoms with Gasteiger partial charge >= 0.3 is 0 Å². The molecule has 2 heterocycles. The highest BCUT2D eigenvalue weighted by Gasteiger charge is 2.69. The van der Waals surface area contributed by atoms with Gasteiger partial charge in [-0.3, -0.25) is 0 Å². The predicted molar refractivity (Wildman–Crippen MR) is 118 cm³/mol. The molecule has 6 rings (SSSR count). The van der Waals surface area contributed by atoms with E-state index in [2.05, 4.69) is 27.7 Å². The first-order valence-electron chi connectivity index (χ1n) is 13.3. The second-order valence-electron chi connectivity index (χ2n) is 13.1. The maximum Gasteiger partial charge on any atom is 0.171 e. The molecule has 12 atom stereocenters. The lowest BCUT2D eigenvalue weighted by atomic mass is 9.44. The van der Waals surface area contributed by atoms with Crippen LogP contribution in [-0.2, 0) is 9.47 Å². The molecule has 0 bridgehead atoms. The van der Waals surface area contributed by atoms with Crippen LogP contribution in [0.5, 0.6) is 0 Å². The van der Waals surface area contributed by atoms with Crippen molar-refractivity contribution >= 4 is 0 Å². The molecule has 0 aromatic rings. The molecular weight excluding hydrogens is 372 g/mol. The van der Waals surface area contributed by atoms with Gasteiger partial charge in [-0.2, -0.15) is 0 Å². The average molecular weight is 417 g/mol. The molecule has 3 heteroatoms. The van der Waals surface area contributed by atoms with Crippen LogP contribution in [0.1, 0.15) is 91.9 Å². The van der Waals surface area contributed by atoms with E-state index < -0.39 is 0 Å². The predicted octanol–water partition coefficient (Wildman–Crippen LogP) is 5.79. The van der Waals surface area contributed by atoms with Gasteiger partial charge in [0.25, 0.3) is 0 Å². The van der Waals surface area contributed by atoms with Gasteiger partial charge in [-0.25, -0.2) is 0 Å². The molecular formula is C27H44O3. The summed E-state index contributed by atoms with van der Waals surface area (Å²) < 4.78 is 13.4. The minimum absolute atomic E-state index is 0.0389. The minimum atomic E-state index is -0.282. The molecule has 6 aliphatic rings. The molecule has 0 radical (unpaired) electrons. The Morgan fingerprint density at radius 3 is 2.40 bits per heavy atom. The van der Waals surface area contributed by atoms with Crippen LogP contribution in [0.25, 0.3) is 0 Å². The van der Waals surface area contributed by atoms with Crippen LogP contribution in [0.2, 0.25) is 0 Å². The van der Waals surface area contributed by atoms with E-state index in [9.17, 15) is 5.11 Å². The van der Waals surface area contributed by atoms with Crippen molar-refractivity contribution < 1.29 is 14.6 Å². The third-order valence-corrected chi connectivity index (χ3v) is 11.9. The Balaban J connectivity index is 1.26. The van der Waals surface area contributed by atoms with E-state index in [1.807, 2.05) is 0 Å². The molecule has 3 unspecified atom stereocenters. The van der Waals surface area contributed by atoms with E-state index >= 15 is 0 Å². The largest absolute Gasteiger partial charge is 0.393 e. The Labute approximate surface area is 183 Å². The van der Waals surface area contributed by atoms with Gasteiger partial charge in [-0.15, -0.1) is 0 Å². The Morgan fingerprint density at radius 2 is 1.63 bits per heavy atom. The van der Waals surface area contributed by atoms with Crippen LogP contribution >= 0.6 is 0 Å². The second kappa shape index (κ2) is 6.70. The highest BCUT2D eigenvalue weighted by atomic mass is 16.7. The standard InChI is InChI=1S/C27H44O3/c1-16-7-12-27(29-15-16)17(2)24-23(30-27)14-22-20-6-5-18-13-19(28)8-10-25(18,3)21(20)9-11-26(22,24)4/h16-24,28H,5-15H2,1-4H3/t16-,17-,18?,19-,20+,21-,22-,23?,24?,25-,26-,27+/m0/s1. The number of fused-ring (bicyclic) bond motifs is 7. The van der Waals surface area contributed by atoms with Crippen LogP contribution < -0.4 is 0 Å². The van der Waals surface area contributed by atoms with Gasteiger partial charge in [0.2, 0.25) is 0 Å². The first-order valence-corrected chi connectivity index (χ1v) is 13.3. The zero-order chi connectivity index (χ0) is 20.9. The molecule has 2 aliphatic heterocycles. The normalized spacial score (nSPS) is 62.5. The zero-order valence-electron chi connectivity index (χ0n) is 19.7. The van der Waals surface area contributed by atoms with E-state index in [0.29, 0.717) is 34.7 Å². The average Bonchev–Trinajstić information content (AvgIpc) is 3.16. The van der Waals surface area contributed by atoms with Crippen LogP contribution in [-0.4, -0.2) is 29.7 Å². The quantitative estimate of drug-likeness (QED) is 0.543. The molecule has 170 valence electrons. The number of aliphatic hydroxyl groups is 1. The topological polar surface area (TPSA) is 38.7 Å². The van der Waals surface area contributed by atoms with Crippen molar-refractivity contribution in [1.82, 2.24) is 0 Å². The summed E-state index contributed by atoms with van der Waals surface area (Å²) in [5, 5.41) is 10.3. The Kier molecular flexibility index (Phi) is 4.58. The fourth-order valence-electron chi connectivity index (χ4n) is 10.3. The SMILES string of the molecule is C[C@H]1CC[C@@]2(OC1)OC1C[C@H]3[C@@H]4CCC5C[C@@H](O)CC[C@]5(C)[C@H]4CC[C@]3(C)C1[C@@H]2C. The molecule has 30 heavy (non-hydrogen) atoms. The minimum Gasteiger partial charge on any atom is -0.393 e. The lowest BCUT2D eigenvalue weighted by molar-refractivity contribution is -0.273. The van der Waals surface area contributed by atoms with Crippen molar-refractivity contribution in [2.24, 2.45) is 52.3 Å². The van der Waals surface area contributed by atoms with Crippen LogP contribution in [0, 0.1) is 52.3 Å². The first-order chi connectivity index (χ1) is 14.3. The van der Waals surface area contributed by atoms with Crippen LogP contribution in [0.4, 0.5) is 0 Å². The van der Waals surface area contributed by atoms with Gasteiger partial charge in [-0.05, 0) is 104 Å². The third kappa shape index (κ3) is 2.61. The molecule has 0 aromatic carbocycles. The summed E-state index contributed by atoms with van der Waals surface area (Å²) >= 11 is 0. The monoisotopic (exact) mass is 416 g/mol. The highest BCUT2D eigenvalue weighted by molar-refractivity contribution is 5.15. The summed E-state index contributed by atoms with van der Waals surface area (Å²) in [4.78, 5) is 0. The number of hydrogen-bond acceptors (Lipinski definition) is 3. The summed E-state index contributed by atoms with van der Waals surface area (Å²) in [5.41, 5.74) is 0.899. The van der Waals surface area contributed by atoms with Crippen molar-refractivity contribution in [3.63, 3.8) is 0 Å². The Morgan fingerprint density at radius 1 is 0.833 bits per heavy atom. The number of hydrogen-bond donors (Lipinski definition) is 1. The first kappa shape index (κ1) is 20.5. The fraction of sp³-hybridized carbons (Fsp3) is 1.00. The molecule has 1 N–H and O–H groups in total. The van der Waals surface area contributed by atoms with Crippen molar-refractivity contribution in [3.8, 4) is 0 Å². The summed E-state index contributed by atoms with van der Waals surface area (Å²) in [6.07, 6.45) is 12.9. The lowest BCUT2D eigenvalue weighted by Gasteiger charge is -2.61. The fourth-order valence-corrected chi connectivity index (χ4v) is 10.3. The molecule has 2 saturated heterocycles. The maximum atomic E-state index is 10.3. The number of rotatable bonds is 0. The molecule has 3 nitrogen and oxygen atoms in total. The van der Waals surface area contributed by atoms with Gasteiger partial charge in [0.15, 0.2) is 5.79 Å². The summed E-state index contributed by atoms with van der Waals surface area (Å²) in [6, 6.07) is 0. The van der Waals surface area contributed by atoms with Gasteiger partial charge in [0.05, 0.1) is 18.8 Å². The molecule has 4 saturated carbocycles. The Hall–Kier alpha value is -0.120. The highest BCUT2D eigenvalue weighted by Crippen LogP contribution is 2.71. The number of ether oxygens (including phenoxy) is 2. The van der Waals surface area contributed by atoms with E-state index in [1.165, 1.54) is 44.9 Å². The summed E-state index contributed by atoms with van der Waals surface area (Å²) in [7, 11) is 0. The van der Waals surface area contributed by atoms with Crippen molar-refractivity contribution in [2.45, 2.75) is 110 Å². The molecule has 4 aliphatic carbocycles. The van der Waals surface area contributed by atoms with Crippen LogP contribution in [0.15, 0.2) is 0 Å². The smallest absolute Gasteiger partial charge is 0.171 e.